The number of carbonyl (C=O) groups excluding carboxylic acids is 1. The first kappa shape index (κ1) is 25.7. The van der Waals surface area contributed by atoms with Crippen LogP contribution in [-0.4, -0.2) is 61.7 Å². The summed E-state index contributed by atoms with van der Waals surface area (Å²) in [6, 6.07) is 5.29. The maximum atomic E-state index is 14.1. The molecule has 1 atom stereocenters. The normalized spacial score (nSPS) is 18.1. The predicted molar refractivity (Wildman–Crippen MR) is 144 cm³/mol. The van der Waals surface area contributed by atoms with Crippen molar-refractivity contribution in [2.45, 2.75) is 58.2 Å². The number of aryl methyl sites for hydroxylation is 2. The van der Waals surface area contributed by atoms with Crippen molar-refractivity contribution < 1.29 is 4.79 Å². The Hall–Kier alpha value is -3.91. The van der Waals surface area contributed by atoms with Gasteiger partial charge in [-0.2, -0.15) is 5.26 Å². The number of piperidine rings is 2. The van der Waals surface area contributed by atoms with Crippen LogP contribution in [0.3, 0.4) is 0 Å². The maximum absolute atomic E-state index is 14.1. The molecule has 38 heavy (non-hydrogen) atoms. The number of rotatable bonds is 5. The summed E-state index contributed by atoms with van der Waals surface area (Å²) in [6.07, 6.45) is 6.25. The third-order valence-corrected chi connectivity index (χ3v) is 7.76. The highest BCUT2D eigenvalue weighted by Gasteiger charge is 2.34. The van der Waals surface area contributed by atoms with E-state index >= 15 is 0 Å². The molecule has 3 aromatic rings. The van der Waals surface area contributed by atoms with E-state index in [1.54, 1.807) is 19.2 Å². The highest BCUT2D eigenvalue weighted by atomic mass is 16.2. The second kappa shape index (κ2) is 10.5. The summed E-state index contributed by atoms with van der Waals surface area (Å²) >= 11 is 0. The van der Waals surface area contributed by atoms with Gasteiger partial charge in [0.05, 0.1) is 23.3 Å². The number of likely N-dealkylation sites (tertiary alicyclic amines) is 1. The van der Waals surface area contributed by atoms with Gasteiger partial charge in [-0.25, -0.2) is 4.79 Å². The fourth-order valence-electron chi connectivity index (χ4n) is 5.87. The second-order valence-electron chi connectivity index (χ2n) is 10.2. The first-order valence-electron chi connectivity index (χ1n) is 13.4. The lowest BCUT2D eigenvalue weighted by Gasteiger charge is -2.34. The summed E-state index contributed by atoms with van der Waals surface area (Å²) in [5.41, 5.74) is 6.98. The number of nitrogens with zero attached hydrogens (tertiary/aromatic N) is 7. The largest absolute Gasteiger partial charge is 0.356 e. The quantitative estimate of drug-likeness (QED) is 0.539. The molecule has 2 fully saturated rings. The van der Waals surface area contributed by atoms with Crippen molar-refractivity contribution in [1.29, 1.82) is 5.26 Å². The molecule has 0 aromatic carbocycles. The van der Waals surface area contributed by atoms with Crippen LogP contribution in [0, 0.1) is 11.3 Å². The van der Waals surface area contributed by atoms with Crippen LogP contribution in [0.2, 0.25) is 0 Å². The average molecular weight is 519 g/mol. The average Bonchev–Trinajstić information content (AvgIpc) is 3.30. The number of aromatic nitrogens is 4. The number of hydrogen-bond donors (Lipinski definition) is 1. The van der Waals surface area contributed by atoms with Crippen LogP contribution in [0.25, 0.3) is 11.0 Å². The van der Waals surface area contributed by atoms with Gasteiger partial charge in [0.25, 0.3) is 11.5 Å². The molecule has 2 saturated heterocycles. The summed E-state index contributed by atoms with van der Waals surface area (Å²) in [4.78, 5) is 50.0. The maximum Gasteiger partial charge on any atom is 0.331 e. The van der Waals surface area contributed by atoms with E-state index in [9.17, 15) is 19.6 Å². The molecule has 0 radical (unpaired) electrons. The number of hydrogen-bond acceptors (Lipinski definition) is 7. The number of nitriles is 1. The fourth-order valence-corrected chi connectivity index (χ4v) is 5.87. The zero-order valence-electron chi connectivity index (χ0n) is 22.0. The predicted octanol–water partition coefficient (Wildman–Crippen LogP) is 1.39. The lowest BCUT2D eigenvalue weighted by atomic mass is 10.1. The zero-order chi connectivity index (χ0) is 27.0. The summed E-state index contributed by atoms with van der Waals surface area (Å²) in [7, 11) is 1.60. The molecule has 0 aliphatic carbocycles. The van der Waals surface area contributed by atoms with Gasteiger partial charge in [0.15, 0.2) is 0 Å². The van der Waals surface area contributed by atoms with E-state index in [0.29, 0.717) is 66.4 Å². The highest BCUT2D eigenvalue weighted by molar-refractivity contribution is 6.11. The van der Waals surface area contributed by atoms with Gasteiger partial charge in [-0.15, -0.1) is 0 Å². The number of anilines is 1. The molecule has 0 spiro atoms. The van der Waals surface area contributed by atoms with Crippen LogP contribution < -0.4 is 21.9 Å². The Bertz CT molecular complexity index is 1540. The topological polar surface area (TPSA) is 135 Å². The van der Waals surface area contributed by atoms with E-state index < -0.39 is 11.2 Å². The zero-order valence-corrected chi connectivity index (χ0v) is 22.0. The molecule has 200 valence electrons. The molecule has 2 aliphatic heterocycles. The second-order valence-corrected chi connectivity index (χ2v) is 10.2. The minimum absolute atomic E-state index is 0.0426. The van der Waals surface area contributed by atoms with E-state index in [2.05, 4.69) is 16.0 Å². The monoisotopic (exact) mass is 518 g/mol. The molecule has 0 bridgehead atoms. The molecule has 11 heteroatoms. The number of carbonyl (C=O) groups is 1. The van der Waals surface area contributed by atoms with Crippen molar-refractivity contribution in [3.63, 3.8) is 0 Å². The summed E-state index contributed by atoms with van der Waals surface area (Å²) in [6.45, 7) is 4.81. The highest BCUT2D eigenvalue weighted by Crippen LogP contribution is 2.34. The number of nitrogens with two attached hydrogens (primary N) is 1. The van der Waals surface area contributed by atoms with E-state index in [0.717, 1.165) is 36.7 Å². The molecule has 0 saturated carbocycles. The van der Waals surface area contributed by atoms with Gasteiger partial charge in [-0.3, -0.25) is 23.7 Å². The Morgan fingerprint density at radius 2 is 1.89 bits per heavy atom. The lowest BCUT2D eigenvalue weighted by molar-refractivity contribution is 0.0726. The van der Waals surface area contributed by atoms with Gasteiger partial charge in [-0.1, -0.05) is 0 Å². The van der Waals surface area contributed by atoms with Gasteiger partial charge in [0.1, 0.15) is 23.0 Å². The van der Waals surface area contributed by atoms with Crippen LogP contribution in [-0.2, 0) is 20.1 Å². The van der Waals surface area contributed by atoms with Crippen molar-refractivity contribution in [1.82, 2.24) is 23.6 Å². The summed E-state index contributed by atoms with van der Waals surface area (Å²) < 4.78 is 4.38. The van der Waals surface area contributed by atoms with Crippen molar-refractivity contribution in [2.24, 2.45) is 12.8 Å². The molecular formula is C27H34N8O3. The Kier molecular flexibility index (Phi) is 7.08. The molecule has 5 rings (SSSR count). The molecule has 0 unspecified atom stereocenters. The van der Waals surface area contributed by atoms with Crippen LogP contribution in [0.1, 0.15) is 60.6 Å². The van der Waals surface area contributed by atoms with E-state index in [1.165, 1.54) is 10.8 Å². The van der Waals surface area contributed by atoms with E-state index in [-0.39, 0.29) is 18.5 Å². The van der Waals surface area contributed by atoms with Gasteiger partial charge in [0.2, 0.25) is 0 Å². The first-order valence-corrected chi connectivity index (χ1v) is 13.4. The van der Waals surface area contributed by atoms with E-state index in [4.69, 9.17) is 5.73 Å². The van der Waals surface area contributed by atoms with Crippen molar-refractivity contribution in [2.75, 3.05) is 31.1 Å². The third-order valence-electron chi connectivity index (χ3n) is 7.76. The van der Waals surface area contributed by atoms with Crippen molar-refractivity contribution in [3.8, 4) is 6.07 Å². The van der Waals surface area contributed by atoms with E-state index in [1.807, 2.05) is 16.4 Å². The number of pyridine rings is 1. The van der Waals surface area contributed by atoms with Crippen LogP contribution in [0.4, 0.5) is 5.82 Å². The first-order chi connectivity index (χ1) is 18.4. The van der Waals surface area contributed by atoms with Gasteiger partial charge in [0, 0.05) is 52.0 Å². The van der Waals surface area contributed by atoms with Crippen LogP contribution >= 0.6 is 0 Å². The standard InChI is InChI=1S/C27H34N8O3/c1-3-34-23-22(31(2)27(38)35(26(23)37)17-20-18(15-28)9-7-11-30-20)21(25(36)32-12-5-4-6-13-32)24(34)33-14-8-10-19(29)16-33/h7,9,11,19H,3-6,8,10,12-14,16-17,29H2,1-2H3/t19-/m1/s1. The Morgan fingerprint density at radius 1 is 1.13 bits per heavy atom. The summed E-state index contributed by atoms with van der Waals surface area (Å²) in [5.74, 6) is 0.508. The molecule has 2 aliphatic rings. The minimum Gasteiger partial charge on any atom is -0.356 e. The molecule has 5 heterocycles. The smallest absolute Gasteiger partial charge is 0.331 e. The third kappa shape index (κ3) is 4.28. The molecule has 1 amide bonds. The van der Waals surface area contributed by atoms with Crippen molar-refractivity contribution in [3.05, 3.63) is 56.0 Å². The molecule has 11 nitrogen and oxygen atoms in total. The van der Waals surface area contributed by atoms with Crippen LogP contribution in [0.5, 0.6) is 0 Å². The minimum atomic E-state index is -0.556. The van der Waals surface area contributed by atoms with Crippen LogP contribution in [0.15, 0.2) is 27.9 Å². The molecule has 3 aromatic heterocycles. The van der Waals surface area contributed by atoms with Gasteiger partial charge < -0.3 is 20.1 Å². The van der Waals surface area contributed by atoms with Gasteiger partial charge >= 0.3 is 5.69 Å². The van der Waals surface area contributed by atoms with Gasteiger partial charge in [-0.05, 0) is 51.2 Å². The SMILES string of the molecule is CCn1c(N2CCC[C@@H](N)C2)c(C(=O)N2CCCCC2)c2c1c(=O)n(Cc1ncccc1C#N)c(=O)n2C. The lowest BCUT2D eigenvalue weighted by Crippen LogP contribution is -2.45. The van der Waals surface area contributed by atoms with Crippen molar-refractivity contribution >= 4 is 22.8 Å². The number of amides is 1. The Labute approximate surface area is 220 Å². The molecule has 2 N–H and O–H groups in total. The Morgan fingerprint density at radius 3 is 2.58 bits per heavy atom. The fraction of sp³-hybridized carbons (Fsp3) is 0.519. The summed E-state index contributed by atoms with van der Waals surface area (Å²) in [5, 5.41) is 9.51. The Balaban J connectivity index is 1.79. The molecular weight excluding hydrogens is 484 g/mol. The number of fused-ring (bicyclic) bond motifs is 1.